The summed E-state index contributed by atoms with van der Waals surface area (Å²) in [6, 6.07) is 10.1. The topological polar surface area (TPSA) is 54.4 Å². The minimum Gasteiger partial charge on any atom is -0.434 e. The SMILES string of the molecule is CC/C=C1/CC2C(C=C=C1/C=C(/F)Cc1ccc(C(C)(O)CC[SiH](C)C(C)(C)C)nc1)C1C[C@H]2c2c(cccc2OC(F)F)N1. The van der Waals surface area contributed by atoms with Crippen LogP contribution in [0.15, 0.2) is 77.5 Å². The molecule has 2 aliphatic carbocycles. The highest BCUT2D eigenvalue weighted by molar-refractivity contribution is 6.60. The van der Waals surface area contributed by atoms with Crippen molar-refractivity contribution in [3.8, 4) is 5.75 Å². The zero-order chi connectivity index (χ0) is 32.5. The molecule has 5 rings (SSSR count). The first-order valence-corrected chi connectivity index (χ1v) is 18.9. The Morgan fingerprint density at radius 2 is 2.00 bits per heavy atom. The average Bonchev–Trinajstić information content (AvgIpc) is 3.10. The van der Waals surface area contributed by atoms with Gasteiger partial charge in [-0.05, 0) is 91.0 Å². The lowest BCUT2D eigenvalue weighted by atomic mass is 9.80. The maximum absolute atomic E-state index is 15.6. The first-order valence-electron chi connectivity index (χ1n) is 16.3. The second-order valence-electron chi connectivity index (χ2n) is 14.4. The lowest BCUT2D eigenvalue weighted by molar-refractivity contribution is -0.0507. The van der Waals surface area contributed by atoms with E-state index in [0.29, 0.717) is 23.6 Å². The number of pyridine rings is 1. The molecule has 1 saturated carbocycles. The van der Waals surface area contributed by atoms with E-state index >= 15 is 4.39 Å². The van der Waals surface area contributed by atoms with Gasteiger partial charge in [-0.3, -0.25) is 4.98 Å². The number of alkyl halides is 2. The van der Waals surface area contributed by atoms with Crippen LogP contribution in [-0.2, 0) is 12.0 Å². The highest BCUT2D eigenvalue weighted by Gasteiger charge is 2.48. The van der Waals surface area contributed by atoms with Gasteiger partial charge in [-0.1, -0.05) is 58.5 Å². The van der Waals surface area contributed by atoms with Crippen LogP contribution >= 0.6 is 0 Å². The maximum Gasteiger partial charge on any atom is 0.387 e. The smallest absolute Gasteiger partial charge is 0.387 e. The normalized spacial score (nSPS) is 25.6. The molecular formula is C37H47F3N2O2Si. The van der Waals surface area contributed by atoms with Crippen LogP contribution in [0.25, 0.3) is 0 Å². The van der Waals surface area contributed by atoms with Crippen molar-refractivity contribution >= 4 is 14.5 Å². The largest absolute Gasteiger partial charge is 0.434 e. The fourth-order valence-corrected chi connectivity index (χ4v) is 9.01. The summed E-state index contributed by atoms with van der Waals surface area (Å²) in [6.45, 7) is 10.1. The molecule has 0 amide bonds. The van der Waals surface area contributed by atoms with Gasteiger partial charge < -0.3 is 15.2 Å². The quantitative estimate of drug-likeness (QED) is 0.202. The number of hydrogen-bond donors (Lipinski definition) is 2. The summed E-state index contributed by atoms with van der Waals surface area (Å²) in [5, 5.41) is 15.0. The van der Waals surface area contributed by atoms with Crippen molar-refractivity contribution in [2.24, 2.45) is 11.8 Å². The first kappa shape index (κ1) is 33.3. The van der Waals surface area contributed by atoms with Gasteiger partial charge in [0, 0.05) is 50.2 Å². The molecule has 3 aliphatic rings. The third-order valence-electron chi connectivity index (χ3n) is 10.3. The molecule has 0 spiro atoms. The van der Waals surface area contributed by atoms with E-state index in [1.165, 1.54) is 0 Å². The fraction of sp³-hybridized carbons (Fsp3) is 0.514. The number of ether oxygens (including phenoxy) is 1. The molecule has 45 heavy (non-hydrogen) atoms. The van der Waals surface area contributed by atoms with E-state index in [0.717, 1.165) is 46.8 Å². The highest BCUT2D eigenvalue weighted by Crippen LogP contribution is 2.56. The molecule has 8 heteroatoms. The van der Waals surface area contributed by atoms with Crippen molar-refractivity contribution in [3.05, 3.63) is 94.3 Å². The molecule has 0 radical (unpaired) electrons. The van der Waals surface area contributed by atoms with E-state index in [1.54, 1.807) is 24.4 Å². The molecule has 1 aromatic carbocycles. The molecule has 6 atom stereocenters. The zero-order valence-corrected chi connectivity index (χ0v) is 28.5. The van der Waals surface area contributed by atoms with E-state index in [4.69, 9.17) is 4.74 Å². The third-order valence-corrected chi connectivity index (χ3v) is 14.4. The summed E-state index contributed by atoms with van der Waals surface area (Å²) in [7, 11) is -1.01. The second kappa shape index (κ2) is 13.3. The van der Waals surface area contributed by atoms with Gasteiger partial charge in [-0.15, -0.1) is 5.73 Å². The zero-order valence-electron chi connectivity index (χ0n) is 27.3. The predicted octanol–water partition coefficient (Wildman–Crippen LogP) is 9.37. The summed E-state index contributed by atoms with van der Waals surface area (Å²) < 4.78 is 47.0. The number of aliphatic hydroxyl groups is 1. The molecule has 242 valence electrons. The van der Waals surface area contributed by atoms with Gasteiger partial charge in [0.15, 0.2) is 0 Å². The maximum atomic E-state index is 15.6. The van der Waals surface area contributed by atoms with Crippen LogP contribution in [0.1, 0.15) is 83.0 Å². The van der Waals surface area contributed by atoms with Crippen LogP contribution in [0.2, 0.25) is 17.6 Å². The number of halogens is 3. The summed E-state index contributed by atoms with van der Waals surface area (Å²) in [5.41, 5.74) is 7.17. The molecular weight excluding hydrogens is 589 g/mol. The van der Waals surface area contributed by atoms with Crippen molar-refractivity contribution in [3.63, 3.8) is 0 Å². The molecule has 1 aromatic heterocycles. The van der Waals surface area contributed by atoms with Crippen molar-refractivity contribution in [1.82, 2.24) is 4.98 Å². The van der Waals surface area contributed by atoms with Crippen molar-refractivity contribution in [1.29, 1.82) is 0 Å². The Hall–Kier alpha value is -3.06. The Labute approximate surface area is 267 Å². The average molecular weight is 637 g/mol. The van der Waals surface area contributed by atoms with Crippen molar-refractivity contribution in [2.45, 2.75) is 109 Å². The number of nitrogens with one attached hydrogen (secondary N) is 1. The molecule has 1 aliphatic heterocycles. The molecule has 0 saturated heterocycles. The second-order valence-corrected chi connectivity index (χ2v) is 18.5. The van der Waals surface area contributed by atoms with Crippen molar-refractivity contribution < 1.29 is 23.0 Å². The standard InChI is InChI=1S/C37H47F3N2O2Si/c1-7-9-24-20-28-27(31-21-29(28)34-30(42-31)10-8-11-32(34)44-35(39)40)14-13-25(24)19-26(38)18-23-12-15-33(41-22-23)37(5,43)16-17-45(6)36(2,3)4/h8-12,14-15,19,22,27-29,31,35,42-43,45H,7,16-18,20-21H2,1-6H3/b24-9-,26-19+/t27?,28?,29-,31?,37?,45?/m1/s1. The molecule has 2 bridgehead atoms. The lowest BCUT2D eigenvalue weighted by Crippen LogP contribution is -2.28. The van der Waals surface area contributed by atoms with Crippen LogP contribution in [0.3, 0.4) is 0 Å². The summed E-state index contributed by atoms with van der Waals surface area (Å²) in [4.78, 5) is 4.53. The van der Waals surface area contributed by atoms with E-state index in [-0.39, 0.29) is 41.8 Å². The summed E-state index contributed by atoms with van der Waals surface area (Å²) in [6.07, 6.45) is 10.5. The van der Waals surface area contributed by atoms with Crippen LogP contribution in [0.4, 0.5) is 18.9 Å². The summed E-state index contributed by atoms with van der Waals surface area (Å²) in [5.74, 6) is 0.287. The van der Waals surface area contributed by atoms with Gasteiger partial charge in [-0.2, -0.15) is 8.78 Å². The van der Waals surface area contributed by atoms with E-state index in [9.17, 15) is 13.9 Å². The molecule has 1 fully saturated rings. The number of hydrogen-bond acceptors (Lipinski definition) is 4. The lowest BCUT2D eigenvalue weighted by Gasteiger charge is -2.30. The molecule has 5 unspecified atom stereocenters. The van der Waals surface area contributed by atoms with Gasteiger partial charge in [0.1, 0.15) is 17.2 Å². The van der Waals surface area contributed by atoms with Crippen molar-refractivity contribution in [2.75, 3.05) is 5.32 Å². The number of allylic oxidation sites excluding steroid dienone is 4. The Kier molecular flexibility index (Phi) is 9.88. The van der Waals surface area contributed by atoms with Crippen LogP contribution < -0.4 is 10.1 Å². The van der Waals surface area contributed by atoms with E-state index in [1.807, 2.05) is 25.1 Å². The fourth-order valence-electron chi connectivity index (χ4n) is 7.15. The monoisotopic (exact) mass is 636 g/mol. The Morgan fingerprint density at radius 1 is 1.22 bits per heavy atom. The number of fused-ring (bicyclic) bond motifs is 7. The predicted molar refractivity (Wildman–Crippen MR) is 178 cm³/mol. The number of anilines is 1. The molecule has 2 aromatic rings. The third kappa shape index (κ3) is 7.51. The van der Waals surface area contributed by atoms with E-state index in [2.05, 4.69) is 62.4 Å². The Morgan fingerprint density at radius 3 is 2.67 bits per heavy atom. The van der Waals surface area contributed by atoms with Gasteiger partial charge in [0.25, 0.3) is 0 Å². The highest BCUT2D eigenvalue weighted by atomic mass is 28.3. The number of nitrogens with zero attached hydrogens (tertiary/aromatic N) is 1. The van der Waals surface area contributed by atoms with Gasteiger partial charge in [0.2, 0.25) is 0 Å². The minimum atomic E-state index is -2.89. The number of benzene rings is 1. The number of rotatable bonds is 10. The molecule has 4 nitrogen and oxygen atoms in total. The molecule has 2 heterocycles. The summed E-state index contributed by atoms with van der Waals surface area (Å²) >= 11 is 0. The van der Waals surface area contributed by atoms with Crippen LogP contribution in [0.5, 0.6) is 5.75 Å². The van der Waals surface area contributed by atoms with Gasteiger partial charge in [0.05, 0.1) is 5.69 Å². The first-order chi connectivity index (χ1) is 21.3. The van der Waals surface area contributed by atoms with Gasteiger partial charge in [-0.25, -0.2) is 4.39 Å². The Bertz CT molecular complexity index is 1500. The minimum absolute atomic E-state index is 0.0542. The number of aromatic nitrogens is 1. The van der Waals surface area contributed by atoms with Crippen LogP contribution in [-0.4, -0.2) is 31.5 Å². The van der Waals surface area contributed by atoms with E-state index < -0.39 is 21.0 Å². The molecule has 2 N–H and O–H groups in total. The Balaban J connectivity index is 1.32. The van der Waals surface area contributed by atoms with Crippen LogP contribution in [0, 0.1) is 11.8 Å². The van der Waals surface area contributed by atoms with Gasteiger partial charge >= 0.3 is 6.61 Å².